The maximum Gasteiger partial charge on any atom is 0.212 e. The Labute approximate surface area is 140 Å². The van der Waals surface area contributed by atoms with E-state index in [0.717, 1.165) is 30.6 Å². The zero-order valence-corrected chi connectivity index (χ0v) is 13.2. The van der Waals surface area contributed by atoms with Gasteiger partial charge in [0.05, 0.1) is 23.2 Å². The lowest BCUT2D eigenvalue weighted by Crippen LogP contribution is -2.60. The number of carbonyl (C=O) groups is 1. The van der Waals surface area contributed by atoms with Gasteiger partial charge in [-0.05, 0) is 42.7 Å². The molecule has 2 aromatic carbocycles. The van der Waals surface area contributed by atoms with E-state index in [2.05, 4.69) is 11.0 Å². The summed E-state index contributed by atoms with van der Waals surface area (Å²) in [6.07, 6.45) is 2.55. The number of para-hydroxylation sites is 1. The van der Waals surface area contributed by atoms with Crippen molar-refractivity contribution in [3.63, 3.8) is 0 Å². The van der Waals surface area contributed by atoms with Crippen LogP contribution in [-0.4, -0.2) is 24.0 Å². The lowest BCUT2D eigenvalue weighted by atomic mass is 9.77. The molecular weight excluding hydrogens is 300 g/mol. The summed E-state index contributed by atoms with van der Waals surface area (Å²) in [6.45, 7) is 0.904. The van der Waals surface area contributed by atoms with Crippen LogP contribution >= 0.6 is 0 Å². The number of fused-ring (bicyclic) bond motifs is 5. The number of nitriles is 1. The molecule has 2 aromatic rings. The molecule has 2 atom stereocenters. The third kappa shape index (κ3) is 1.59. The van der Waals surface area contributed by atoms with Crippen LogP contribution in [0.4, 0.5) is 5.69 Å². The van der Waals surface area contributed by atoms with Crippen molar-refractivity contribution in [1.82, 2.24) is 0 Å². The number of hydrogen-bond acceptors (Lipinski definition) is 4. The molecule has 3 aliphatic rings. The summed E-state index contributed by atoms with van der Waals surface area (Å²) in [5.74, 6) is 0.802. The van der Waals surface area contributed by atoms with E-state index in [-0.39, 0.29) is 11.8 Å². The average molecular weight is 316 g/mol. The Bertz CT molecular complexity index is 914. The standard InChI is InChI=1S/C20H16N2O2/c21-12-13-7-8-14-11-20(18-6-3-9-22(18)16(14)10-13)19(23)15-4-1-2-5-17(15)24-20/h1-2,4-5,7-8,10,18H,3,6,9,11H2/t18-,20-/m1/s1. The SMILES string of the molecule is N#Cc1ccc2c(c1)N1CCC[C@@H]1[C@@]1(C2)Oc2ccccc2C1=O. The molecule has 1 spiro atoms. The van der Waals surface area contributed by atoms with Crippen molar-refractivity contribution in [2.75, 3.05) is 11.4 Å². The molecule has 1 saturated heterocycles. The third-order valence-electron chi connectivity index (χ3n) is 5.58. The van der Waals surface area contributed by atoms with Crippen LogP contribution < -0.4 is 9.64 Å². The molecule has 3 aliphatic heterocycles. The quantitative estimate of drug-likeness (QED) is 0.749. The molecule has 0 unspecified atom stereocenters. The Balaban J connectivity index is 1.67. The van der Waals surface area contributed by atoms with Gasteiger partial charge in [-0.3, -0.25) is 4.79 Å². The molecular formula is C20H16N2O2. The van der Waals surface area contributed by atoms with Crippen LogP contribution in [0.1, 0.15) is 34.3 Å². The predicted molar refractivity (Wildman–Crippen MR) is 89.4 cm³/mol. The topological polar surface area (TPSA) is 53.3 Å². The number of anilines is 1. The Hall–Kier alpha value is -2.80. The molecule has 0 aliphatic carbocycles. The van der Waals surface area contributed by atoms with Gasteiger partial charge >= 0.3 is 0 Å². The Morgan fingerprint density at radius 1 is 1.25 bits per heavy atom. The zero-order valence-electron chi connectivity index (χ0n) is 13.2. The summed E-state index contributed by atoms with van der Waals surface area (Å²) in [5.41, 5.74) is 2.73. The summed E-state index contributed by atoms with van der Waals surface area (Å²) in [6, 6.07) is 15.6. The van der Waals surface area contributed by atoms with Crippen molar-refractivity contribution in [3.05, 3.63) is 59.2 Å². The van der Waals surface area contributed by atoms with Crippen molar-refractivity contribution in [1.29, 1.82) is 5.26 Å². The molecule has 1 fully saturated rings. The van der Waals surface area contributed by atoms with Crippen molar-refractivity contribution in [2.45, 2.75) is 30.9 Å². The van der Waals surface area contributed by atoms with Crippen LogP contribution in [0, 0.1) is 11.3 Å². The molecule has 0 N–H and O–H groups in total. The maximum atomic E-state index is 13.2. The van der Waals surface area contributed by atoms with Gasteiger partial charge < -0.3 is 9.64 Å². The predicted octanol–water partition coefficient (Wildman–Crippen LogP) is 3.10. The molecule has 3 heterocycles. The van der Waals surface area contributed by atoms with Crippen molar-refractivity contribution < 1.29 is 9.53 Å². The molecule has 118 valence electrons. The van der Waals surface area contributed by atoms with Crippen LogP contribution in [0.25, 0.3) is 0 Å². The number of rotatable bonds is 0. The summed E-state index contributed by atoms with van der Waals surface area (Å²) >= 11 is 0. The van der Waals surface area contributed by atoms with E-state index in [1.807, 2.05) is 42.5 Å². The first-order valence-corrected chi connectivity index (χ1v) is 8.35. The van der Waals surface area contributed by atoms with Crippen LogP contribution in [0.15, 0.2) is 42.5 Å². The highest BCUT2D eigenvalue weighted by Crippen LogP contribution is 2.48. The second-order valence-electron chi connectivity index (χ2n) is 6.80. The second-order valence-corrected chi connectivity index (χ2v) is 6.80. The van der Waals surface area contributed by atoms with Crippen LogP contribution in [0.5, 0.6) is 5.75 Å². The number of carbonyl (C=O) groups excluding carboxylic acids is 1. The molecule has 24 heavy (non-hydrogen) atoms. The Kier molecular flexibility index (Phi) is 2.62. The van der Waals surface area contributed by atoms with Gasteiger partial charge in [0, 0.05) is 18.7 Å². The lowest BCUT2D eigenvalue weighted by Gasteiger charge is -2.44. The zero-order chi connectivity index (χ0) is 16.3. The summed E-state index contributed by atoms with van der Waals surface area (Å²) in [4.78, 5) is 15.5. The number of benzene rings is 2. The van der Waals surface area contributed by atoms with Gasteiger partial charge in [0.2, 0.25) is 5.78 Å². The highest BCUT2D eigenvalue weighted by atomic mass is 16.5. The molecule has 4 nitrogen and oxygen atoms in total. The highest BCUT2D eigenvalue weighted by Gasteiger charge is 2.58. The van der Waals surface area contributed by atoms with Crippen molar-refractivity contribution in [3.8, 4) is 11.8 Å². The second kappa shape index (κ2) is 4.61. The minimum atomic E-state index is -0.818. The molecule has 0 amide bonds. The van der Waals surface area contributed by atoms with Gasteiger partial charge in [-0.25, -0.2) is 0 Å². The van der Waals surface area contributed by atoms with Gasteiger partial charge in [-0.1, -0.05) is 18.2 Å². The number of nitrogens with zero attached hydrogens (tertiary/aromatic N) is 2. The monoisotopic (exact) mass is 316 g/mol. The maximum absolute atomic E-state index is 13.2. The minimum Gasteiger partial charge on any atom is -0.476 e. The van der Waals surface area contributed by atoms with Gasteiger partial charge in [0.15, 0.2) is 5.60 Å². The van der Waals surface area contributed by atoms with E-state index in [1.54, 1.807) is 0 Å². The third-order valence-corrected chi connectivity index (χ3v) is 5.58. The normalized spacial score (nSPS) is 26.5. The number of Topliss-reactive ketones (excluding diaryl/α,β-unsaturated/α-hetero) is 1. The molecule has 0 radical (unpaired) electrons. The number of ketones is 1. The molecule has 0 aromatic heterocycles. The highest BCUT2D eigenvalue weighted by molar-refractivity contribution is 6.09. The lowest BCUT2D eigenvalue weighted by molar-refractivity contribution is 0.0430. The Morgan fingerprint density at radius 2 is 2.12 bits per heavy atom. The molecule has 0 bridgehead atoms. The van der Waals surface area contributed by atoms with E-state index >= 15 is 0 Å². The average Bonchev–Trinajstić information content (AvgIpc) is 3.21. The van der Waals surface area contributed by atoms with Gasteiger partial charge in [-0.15, -0.1) is 0 Å². The molecule has 5 rings (SSSR count). The largest absolute Gasteiger partial charge is 0.476 e. The fourth-order valence-corrected chi connectivity index (χ4v) is 4.54. The van der Waals surface area contributed by atoms with Gasteiger partial charge in [0.1, 0.15) is 5.75 Å². The Morgan fingerprint density at radius 3 is 2.96 bits per heavy atom. The van der Waals surface area contributed by atoms with E-state index < -0.39 is 5.60 Å². The van der Waals surface area contributed by atoms with Gasteiger partial charge in [-0.2, -0.15) is 5.26 Å². The van der Waals surface area contributed by atoms with E-state index in [9.17, 15) is 10.1 Å². The van der Waals surface area contributed by atoms with Crippen LogP contribution in [0.2, 0.25) is 0 Å². The summed E-state index contributed by atoms with van der Waals surface area (Å²) < 4.78 is 6.32. The summed E-state index contributed by atoms with van der Waals surface area (Å²) in [7, 11) is 0. The van der Waals surface area contributed by atoms with Crippen LogP contribution in [0.3, 0.4) is 0 Å². The molecule has 0 saturated carbocycles. The summed E-state index contributed by atoms with van der Waals surface area (Å²) in [5, 5.41) is 9.20. The van der Waals surface area contributed by atoms with E-state index in [1.165, 1.54) is 0 Å². The van der Waals surface area contributed by atoms with Crippen molar-refractivity contribution >= 4 is 11.5 Å². The fourth-order valence-electron chi connectivity index (χ4n) is 4.54. The number of ether oxygens (including phenoxy) is 1. The van der Waals surface area contributed by atoms with Crippen molar-refractivity contribution in [2.24, 2.45) is 0 Å². The minimum absolute atomic E-state index is 0.0406. The first-order chi connectivity index (χ1) is 11.7. The van der Waals surface area contributed by atoms with E-state index in [4.69, 9.17) is 4.74 Å². The van der Waals surface area contributed by atoms with Crippen LogP contribution in [-0.2, 0) is 6.42 Å². The number of hydrogen-bond donors (Lipinski definition) is 0. The van der Waals surface area contributed by atoms with Gasteiger partial charge in [0.25, 0.3) is 0 Å². The first-order valence-electron chi connectivity index (χ1n) is 8.35. The van der Waals surface area contributed by atoms with E-state index in [0.29, 0.717) is 23.3 Å². The fraction of sp³-hybridized carbons (Fsp3) is 0.300. The molecule has 4 heteroatoms. The first kappa shape index (κ1) is 13.6. The smallest absolute Gasteiger partial charge is 0.212 e.